The second-order valence-electron chi connectivity index (χ2n) is 16.1. The van der Waals surface area contributed by atoms with Gasteiger partial charge in [-0.2, -0.15) is 0 Å². The summed E-state index contributed by atoms with van der Waals surface area (Å²) in [4.78, 5) is 2.45. The van der Waals surface area contributed by atoms with Crippen LogP contribution in [0.1, 0.15) is 0 Å². The van der Waals surface area contributed by atoms with E-state index in [1.54, 1.807) is 0 Å². The van der Waals surface area contributed by atoms with Gasteiger partial charge in [0.1, 0.15) is 0 Å². The summed E-state index contributed by atoms with van der Waals surface area (Å²) in [6.45, 7) is 0. The average molecular weight is 789 g/mol. The fourth-order valence-corrected chi connectivity index (χ4v) is 9.73. The van der Waals surface area contributed by atoms with Crippen molar-refractivity contribution in [2.75, 3.05) is 4.90 Å². The van der Waals surface area contributed by atoms with E-state index in [-0.39, 0.29) is 0 Å². The fraction of sp³-hybridized carbons (Fsp3) is 0. The van der Waals surface area contributed by atoms with Crippen LogP contribution >= 0.6 is 0 Å². The highest BCUT2D eigenvalue weighted by atomic mass is 15.1. The largest absolute Gasteiger partial charge is 0.309 e. The molecule has 0 spiro atoms. The quantitative estimate of drug-likeness (QED) is 0.156. The van der Waals surface area contributed by atoms with Crippen LogP contribution in [0.5, 0.6) is 0 Å². The zero-order valence-electron chi connectivity index (χ0n) is 34.0. The highest BCUT2D eigenvalue weighted by molar-refractivity contribution is 6.14. The van der Waals surface area contributed by atoms with E-state index in [9.17, 15) is 0 Å². The molecule has 0 aliphatic rings. The van der Waals surface area contributed by atoms with Gasteiger partial charge in [-0.15, -0.1) is 0 Å². The molecule has 2 heteroatoms. The fourth-order valence-electron chi connectivity index (χ4n) is 9.73. The maximum atomic E-state index is 2.45. The first-order chi connectivity index (χ1) is 30.8. The molecule has 11 aromatic carbocycles. The van der Waals surface area contributed by atoms with Crippen LogP contribution in [0.4, 0.5) is 17.1 Å². The standard InChI is InChI=1S/C60H40N2/c1-2-17-42(18-3-1)48-24-10-13-30-56(48)61(59-38-37-52(51-26-8-9-27-53(51)59)50-29-16-22-41-19-6-7-23-47(41)50)46-35-33-43(34-36-46)49-25-11-14-31-57(49)62-58-32-15-12-28-54(58)55-39-44-20-4-5-21-45(44)40-60(55)62/h1-40H. The number of anilines is 3. The topological polar surface area (TPSA) is 8.17 Å². The average Bonchev–Trinajstić information content (AvgIpc) is 3.66. The molecule has 1 aromatic heterocycles. The molecule has 12 rings (SSSR count). The summed E-state index contributed by atoms with van der Waals surface area (Å²) in [5.74, 6) is 0. The van der Waals surface area contributed by atoms with Crippen LogP contribution in [0.25, 0.3) is 93.2 Å². The van der Waals surface area contributed by atoms with E-state index in [0.717, 1.165) is 28.3 Å². The van der Waals surface area contributed by atoms with Crippen molar-refractivity contribution < 1.29 is 0 Å². The predicted molar refractivity (Wildman–Crippen MR) is 264 cm³/mol. The van der Waals surface area contributed by atoms with Crippen molar-refractivity contribution in [2.45, 2.75) is 0 Å². The molecule has 290 valence electrons. The normalized spacial score (nSPS) is 11.5. The Labute approximate surface area is 360 Å². The molecule has 0 bridgehead atoms. The SMILES string of the molecule is c1ccc(-c2ccccc2N(c2ccc(-c3ccccc3-n3c4ccccc4c4cc5ccccc5cc43)cc2)c2ccc(-c3cccc4ccccc34)c3ccccc23)cc1. The van der Waals surface area contributed by atoms with Crippen molar-refractivity contribution in [3.05, 3.63) is 243 Å². The molecule has 0 fully saturated rings. The summed E-state index contributed by atoms with van der Waals surface area (Å²) in [6, 6.07) is 88.5. The molecule has 0 unspecified atom stereocenters. The van der Waals surface area contributed by atoms with Crippen molar-refractivity contribution in [1.29, 1.82) is 0 Å². The Bertz CT molecular complexity index is 3630. The Balaban J connectivity index is 1.04. The van der Waals surface area contributed by atoms with Crippen molar-refractivity contribution in [1.82, 2.24) is 4.57 Å². The lowest BCUT2D eigenvalue weighted by atomic mass is 9.92. The lowest BCUT2D eigenvalue weighted by Gasteiger charge is -2.30. The summed E-state index contributed by atoms with van der Waals surface area (Å²) in [5, 5.41) is 9.90. The minimum absolute atomic E-state index is 1.08. The Morgan fingerprint density at radius 2 is 0.839 bits per heavy atom. The number of aromatic nitrogens is 1. The zero-order chi connectivity index (χ0) is 41.0. The van der Waals surface area contributed by atoms with Crippen LogP contribution in [0.2, 0.25) is 0 Å². The molecule has 62 heavy (non-hydrogen) atoms. The molecule has 0 atom stereocenters. The van der Waals surface area contributed by atoms with Crippen LogP contribution in [0.3, 0.4) is 0 Å². The third-order valence-corrected chi connectivity index (χ3v) is 12.6. The van der Waals surface area contributed by atoms with Gasteiger partial charge in [0, 0.05) is 33.0 Å². The maximum absolute atomic E-state index is 2.45. The summed E-state index contributed by atoms with van der Waals surface area (Å²) in [5.41, 5.74) is 14.0. The minimum Gasteiger partial charge on any atom is -0.309 e. The first kappa shape index (κ1) is 35.7. The van der Waals surface area contributed by atoms with Crippen LogP contribution in [-0.4, -0.2) is 4.57 Å². The first-order valence-electron chi connectivity index (χ1n) is 21.3. The second kappa shape index (κ2) is 14.8. The van der Waals surface area contributed by atoms with Gasteiger partial charge in [0.05, 0.1) is 28.1 Å². The van der Waals surface area contributed by atoms with Crippen LogP contribution in [0.15, 0.2) is 243 Å². The van der Waals surface area contributed by atoms with E-state index in [1.165, 1.54) is 81.9 Å². The first-order valence-corrected chi connectivity index (χ1v) is 21.3. The minimum atomic E-state index is 1.08. The lowest BCUT2D eigenvalue weighted by molar-refractivity contribution is 1.18. The zero-order valence-corrected chi connectivity index (χ0v) is 34.0. The number of benzene rings is 11. The number of nitrogens with zero attached hydrogens (tertiary/aromatic N) is 2. The molecule has 12 aromatic rings. The molecule has 0 radical (unpaired) electrons. The van der Waals surface area contributed by atoms with Gasteiger partial charge in [-0.05, 0) is 97.7 Å². The number of fused-ring (bicyclic) bond motifs is 6. The summed E-state index contributed by atoms with van der Waals surface area (Å²) < 4.78 is 2.45. The number of hydrogen-bond acceptors (Lipinski definition) is 1. The number of hydrogen-bond donors (Lipinski definition) is 0. The number of para-hydroxylation sites is 3. The Hall–Kier alpha value is -8.20. The van der Waals surface area contributed by atoms with E-state index < -0.39 is 0 Å². The third kappa shape index (κ3) is 5.88. The molecule has 0 saturated carbocycles. The molecule has 0 saturated heterocycles. The summed E-state index contributed by atoms with van der Waals surface area (Å²) in [7, 11) is 0. The third-order valence-electron chi connectivity index (χ3n) is 12.6. The predicted octanol–water partition coefficient (Wildman–Crippen LogP) is 16.7. The molecule has 0 aliphatic heterocycles. The molecule has 2 nitrogen and oxygen atoms in total. The summed E-state index contributed by atoms with van der Waals surface area (Å²) >= 11 is 0. The van der Waals surface area contributed by atoms with E-state index in [2.05, 4.69) is 252 Å². The Morgan fingerprint density at radius 3 is 1.66 bits per heavy atom. The number of rotatable bonds is 7. The maximum Gasteiger partial charge on any atom is 0.0547 e. The van der Waals surface area contributed by atoms with Crippen molar-refractivity contribution >= 4 is 71.2 Å². The Kier molecular flexibility index (Phi) is 8.53. The van der Waals surface area contributed by atoms with Gasteiger partial charge in [-0.3, -0.25) is 0 Å². The van der Waals surface area contributed by atoms with Crippen molar-refractivity contribution in [3.63, 3.8) is 0 Å². The van der Waals surface area contributed by atoms with E-state index in [0.29, 0.717) is 0 Å². The molecular weight excluding hydrogens is 749 g/mol. The Morgan fingerprint density at radius 1 is 0.274 bits per heavy atom. The summed E-state index contributed by atoms with van der Waals surface area (Å²) in [6.07, 6.45) is 0. The van der Waals surface area contributed by atoms with E-state index in [1.807, 2.05) is 0 Å². The van der Waals surface area contributed by atoms with Gasteiger partial charge in [-0.1, -0.05) is 194 Å². The molecule has 1 heterocycles. The molecule has 0 amide bonds. The van der Waals surface area contributed by atoms with Crippen LogP contribution < -0.4 is 4.90 Å². The highest BCUT2D eigenvalue weighted by Gasteiger charge is 2.22. The molecular formula is C60H40N2. The van der Waals surface area contributed by atoms with E-state index >= 15 is 0 Å². The van der Waals surface area contributed by atoms with E-state index in [4.69, 9.17) is 0 Å². The van der Waals surface area contributed by atoms with Gasteiger partial charge in [0.2, 0.25) is 0 Å². The van der Waals surface area contributed by atoms with Crippen LogP contribution in [-0.2, 0) is 0 Å². The van der Waals surface area contributed by atoms with Gasteiger partial charge in [0.15, 0.2) is 0 Å². The lowest BCUT2D eigenvalue weighted by Crippen LogP contribution is -2.12. The van der Waals surface area contributed by atoms with Gasteiger partial charge in [-0.25, -0.2) is 0 Å². The molecule has 0 N–H and O–H groups in total. The van der Waals surface area contributed by atoms with Crippen molar-refractivity contribution in [3.8, 4) is 39.1 Å². The highest BCUT2D eigenvalue weighted by Crippen LogP contribution is 2.47. The van der Waals surface area contributed by atoms with Crippen molar-refractivity contribution in [2.24, 2.45) is 0 Å². The molecule has 0 aliphatic carbocycles. The van der Waals surface area contributed by atoms with Gasteiger partial charge in [0.25, 0.3) is 0 Å². The van der Waals surface area contributed by atoms with Crippen LogP contribution in [0, 0.1) is 0 Å². The monoisotopic (exact) mass is 788 g/mol. The smallest absolute Gasteiger partial charge is 0.0547 e. The van der Waals surface area contributed by atoms with Gasteiger partial charge < -0.3 is 9.47 Å². The van der Waals surface area contributed by atoms with Gasteiger partial charge >= 0.3 is 0 Å². The second-order valence-corrected chi connectivity index (χ2v) is 16.1.